The average Bonchev–Trinajstić information content (AvgIpc) is 2.47. The molecule has 0 aliphatic heterocycles. The molecule has 0 saturated heterocycles. The molecule has 2 nitrogen and oxygen atoms in total. The summed E-state index contributed by atoms with van der Waals surface area (Å²) in [5, 5.41) is 4.70. The molecule has 0 aliphatic carbocycles. The third-order valence-corrected chi connectivity index (χ3v) is 3.62. The summed E-state index contributed by atoms with van der Waals surface area (Å²) in [6.45, 7) is 1.92. The number of hydrogen-bond acceptors (Lipinski definition) is 2. The second kappa shape index (κ2) is 5.70. The fourth-order valence-electron chi connectivity index (χ4n) is 2.40. The lowest BCUT2D eigenvalue weighted by atomic mass is 10.1. The summed E-state index contributed by atoms with van der Waals surface area (Å²) < 4.78 is 13.9. The number of aromatic nitrogens is 1. The van der Waals surface area contributed by atoms with Crippen molar-refractivity contribution < 1.29 is 4.39 Å². The molecule has 1 atom stereocenters. The molecular weight excluding hydrogens is 287 g/mol. The lowest BCUT2D eigenvalue weighted by Gasteiger charge is -2.18. The van der Waals surface area contributed by atoms with Crippen LogP contribution in [0.3, 0.4) is 0 Å². The predicted molar refractivity (Wildman–Crippen MR) is 85.2 cm³/mol. The number of benzene rings is 2. The maximum absolute atomic E-state index is 13.9. The Kier molecular flexibility index (Phi) is 3.76. The second-order valence-electron chi connectivity index (χ2n) is 4.90. The highest BCUT2D eigenvalue weighted by molar-refractivity contribution is 6.30. The van der Waals surface area contributed by atoms with Crippen molar-refractivity contribution >= 4 is 28.2 Å². The van der Waals surface area contributed by atoms with Crippen LogP contribution in [0.4, 0.5) is 10.1 Å². The number of para-hydroxylation sites is 1. The van der Waals surface area contributed by atoms with Crippen molar-refractivity contribution in [2.24, 2.45) is 0 Å². The minimum absolute atomic E-state index is 0.173. The Morgan fingerprint density at radius 3 is 2.62 bits per heavy atom. The van der Waals surface area contributed by atoms with Gasteiger partial charge in [0.1, 0.15) is 11.0 Å². The number of fused-ring (bicyclic) bond motifs is 1. The van der Waals surface area contributed by atoms with E-state index in [1.807, 2.05) is 37.3 Å². The summed E-state index contributed by atoms with van der Waals surface area (Å²) in [4.78, 5) is 4.29. The third kappa shape index (κ3) is 2.83. The molecule has 0 spiro atoms. The Labute approximate surface area is 127 Å². The van der Waals surface area contributed by atoms with Gasteiger partial charge in [0.25, 0.3) is 0 Å². The van der Waals surface area contributed by atoms with Crippen LogP contribution in [0.1, 0.15) is 18.5 Å². The monoisotopic (exact) mass is 300 g/mol. The van der Waals surface area contributed by atoms with Gasteiger partial charge in [-0.3, -0.25) is 0 Å². The quantitative estimate of drug-likeness (QED) is 0.672. The summed E-state index contributed by atoms with van der Waals surface area (Å²) in [7, 11) is 0. The molecule has 1 aromatic heterocycles. The van der Waals surface area contributed by atoms with Crippen LogP contribution in [0.2, 0.25) is 5.15 Å². The van der Waals surface area contributed by atoms with Gasteiger partial charge in [-0.15, -0.1) is 0 Å². The van der Waals surface area contributed by atoms with Crippen LogP contribution in [0.25, 0.3) is 10.9 Å². The summed E-state index contributed by atoms with van der Waals surface area (Å²) >= 11 is 6.06. The van der Waals surface area contributed by atoms with Gasteiger partial charge < -0.3 is 5.32 Å². The Balaban J connectivity index is 2.00. The molecule has 106 valence electrons. The first-order chi connectivity index (χ1) is 10.1. The van der Waals surface area contributed by atoms with E-state index in [0.29, 0.717) is 10.7 Å². The zero-order valence-electron chi connectivity index (χ0n) is 11.5. The molecule has 3 aromatic rings. The van der Waals surface area contributed by atoms with E-state index in [-0.39, 0.29) is 11.9 Å². The number of anilines is 1. The average molecular weight is 301 g/mol. The summed E-state index contributed by atoms with van der Waals surface area (Å²) in [6, 6.07) is 16.1. The predicted octanol–water partition coefficient (Wildman–Crippen LogP) is 5.20. The largest absolute Gasteiger partial charge is 0.378 e. The molecule has 0 bridgehead atoms. The molecule has 21 heavy (non-hydrogen) atoms. The molecule has 4 heteroatoms. The van der Waals surface area contributed by atoms with Gasteiger partial charge in [-0.2, -0.15) is 0 Å². The van der Waals surface area contributed by atoms with Gasteiger partial charge in [-0.1, -0.05) is 48.0 Å². The van der Waals surface area contributed by atoms with Gasteiger partial charge in [-0.25, -0.2) is 9.37 Å². The zero-order valence-corrected chi connectivity index (χ0v) is 12.2. The van der Waals surface area contributed by atoms with E-state index in [4.69, 9.17) is 11.6 Å². The fraction of sp³-hybridized carbons (Fsp3) is 0.118. The van der Waals surface area contributed by atoms with Gasteiger partial charge in [0, 0.05) is 16.6 Å². The Bertz CT molecular complexity index is 789. The summed E-state index contributed by atoms with van der Waals surface area (Å²) in [5.41, 5.74) is 2.28. The molecule has 1 N–H and O–H groups in total. The SMILES string of the molecule is C[C@@H](Nc1cc(Cl)nc2ccccc12)c1ccccc1F. The number of nitrogens with one attached hydrogen (secondary N) is 1. The molecule has 0 saturated carbocycles. The van der Waals surface area contributed by atoms with Crippen LogP contribution in [-0.4, -0.2) is 4.98 Å². The van der Waals surface area contributed by atoms with Crippen molar-refractivity contribution in [2.45, 2.75) is 13.0 Å². The first-order valence-corrected chi connectivity index (χ1v) is 7.09. The molecule has 0 amide bonds. The molecular formula is C17H14ClFN2. The maximum atomic E-state index is 13.9. The van der Waals surface area contributed by atoms with Crippen molar-refractivity contribution in [1.29, 1.82) is 0 Å². The van der Waals surface area contributed by atoms with Crippen molar-refractivity contribution in [3.05, 3.63) is 71.1 Å². The highest BCUT2D eigenvalue weighted by atomic mass is 35.5. The molecule has 1 heterocycles. The van der Waals surface area contributed by atoms with Crippen LogP contribution in [-0.2, 0) is 0 Å². The van der Waals surface area contributed by atoms with Gasteiger partial charge in [0.2, 0.25) is 0 Å². The first kappa shape index (κ1) is 13.8. The highest BCUT2D eigenvalue weighted by Gasteiger charge is 2.12. The standard InChI is InChI=1S/C17H14ClFN2/c1-11(12-6-2-4-8-14(12)19)20-16-10-17(18)21-15-9-5-3-7-13(15)16/h2-11H,1H3,(H,20,21)/t11-/m1/s1. The number of nitrogens with zero attached hydrogens (tertiary/aromatic N) is 1. The van der Waals surface area contributed by atoms with Crippen molar-refractivity contribution in [3.8, 4) is 0 Å². The van der Waals surface area contributed by atoms with Crippen LogP contribution >= 0.6 is 11.6 Å². The Morgan fingerprint density at radius 1 is 1.10 bits per heavy atom. The van der Waals surface area contributed by atoms with Gasteiger partial charge in [-0.05, 0) is 25.1 Å². The van der Waals surface area contributed by atoms with Gasteiger partial charge >= 0.3 is 0 Å². The summed E-state index contributed by atoms with van der Waals surface area (Å²) in [5.74, 6) is -0.220. The van der Waals surface area contributed by atoms with E-state index < -0.39 is 0 Å². The van der Waals surface area contributed by atoms with Crippen molar-refractivity contribution in [1.82, 2.24) is 4.98 Å². The minimum atomic E-state index is -0.220. The topological polar surface area (TPSA) is 24.9 Å². The van der Waals surface area contributed by atoms with E-state index in [0.717, 1.165) is 16.6 Å². The van der Waals surface area contributed by atoms with Crippen LogP contribution < -0.4 is 5.32 Å². The van der Waals surface area contributed by atoms with Crippen molar-refractivity contribution in [2.75, 3.05) is 5.32 Å². The van der Waals surface area contributed by atoms with Crippen LogP contribution in [0.5, 0.6) is 0 Å². The smallest absolute Gasteiger partial charge is 0.131 e. The number of rotatable bonds is 3. The third-order valence-electron chi connectivity index (χ3n) is 3.43. The normalized spacial score (nSPS) is 12.3. The van der Waals surface area contributed by atoms with E-state index in [2.05, 4.69) is 10.3 Å². The molecule has 3 rings (SSSR count). The van der Waals surface area contributed by atoms with Crippen LogP contribution in [0, 0.1) is 5.82 Å². The van der Waals surface area contributed by atoms with E-state index >= 15 is 0 Å². The maximum Gasteiger partial charge on any atom is 0.131 e. The molecule has 0 aliphatic rings. The molecule has 0 fully saturated rings. The molecule has 0 unspecified atom stereocenters. The lowest BCUT2D eigenvalue weighted by Crippen LogP contribution is -2.09. The summed E-state index contributed by atoms with van der Waals surface area (Å²) in [6.07, 6.45) is 0. The highest BCUT2D eigenvalue weighted by Crippen LogP contribution is 2.29. The van der Waals surface area contributed by atoms with E-state index in [1.165, 1.54) is 6.07 Å². The Morgan fingerprint density at radius 2 is 1.81 bits per heavy atom. The van der Waals surface area contributed by atoms with E-state index in [9.17, 15) is 4.39 Å². The van der Waals surface area contributed by atoms with Crippen molar-refractivity contribution in [3.63, 3.8) is 0 Å². The lowest BCUT2D eigenvalue weighted by molar-refractivity contribution is 0.600. The number of pyridine rings is 1. The van der Waals surface area contributed by atoms with Gasteiger partial charge in [0.05, 0.1) is 11.6 Å². The fourth-order valence-corrected chi connectivity index (χ4v) is 2.60. The molecule has 0 radical (unpaired) electrons. The number of halogens is 2. The number of hydrogen-bond donors (Lipinski definition) is 1. The molecule has 2 aromatic carbocycles. The second-order valence-corrected chi connectivity index (χ2v) is 5.28. The zero-order chi connectivity index (χ0) is 14.8. The minimum Gasteiger partial charge on any atom is -0.378 e. The van der Waals surface area contributed by atoms with Crippen LogP contribution in [0.15, 0.2) is 54.6 Å². The van der Waals surface area contributed by atoms with E-state index in [1.54, 1.807) is 18.2 Å². The first-order valence-electron chi connectivity index (χ1n) is 6.71. The van der Waals surface area contributed by atoms with Gasteiger partial charge in [0.15, 0.2) is 0 Å². The Hall–Kier alpha value is -2.13.